The van der Waals surface area contributed by atoms with Crippen molar-refractivity contribution in [2.24, 2.45) is 23.5 Å². The van der Waals surface area contributed by atoms with Crippen molar-refractivity contribution in [2.75, 3.05) is 11.9 Å². The smallest absolute Gasteiger partial charge is 0.243 e. The van der Waals surface area contributed by atoms with Crippen LogP contribution in [0.4, 0.5) is 5.69 Å². The van der Waals surface area contributed by atoms with Crippen molar-refractivity contribution in [3.8, 4) is 0 Å². The Morgan fingerprint density at radius 3 is 2.63 bits per heavy atom. The summed E-state index contributed by atoms with van der Waals surface area (Å²) in [6, 6.07) is 9.69. The van der Waals surface area contributed by atoms with Gasteiger partial charge in [0.15, 0.2) is 0 Å². The quantitative estimate of drug-likeness (QED) is 0.774. The molecule has 2 unspecified atom stereocenters. The number of fused-ring (bicyclic) bond motifs is 3. The third-order valence-corrected chi connectivity index (χ3v) is 6.11. The van der Waals surface area contributed by atoms with E-state index in [2.05, 4.69) is 15.6 Å². The van der Waals surface area contributed by atoms with Crippen LogP contribution in [0.15, 0.2) is 36.5 Å². The van der Waals surface area contributed by atoms with Crippen LogP contribution in [0.1, 0.15) is 32.1 Å². The summed E-state index contributed by atoms with van der Waals surface area (Å²) < 4.78 is 0. The van der Waals surface area contributed by atoms with Crippen molar-refractivity contribution in [3.63, 3.8) is 0 Å². The minimum Gasteiger partial charge on any atom is -0.347 e. The number of rotatable bonds is 4. The lowest BCUT2D eigenvalue weighted by Crippen LogP contribution is -2.49. The van der Waals surface area contributed by atoms with E-state index in [1.165, 1.54) is 6.42 Å². The highest BCUT2D eigenvalue weighted by atomic mass is 16.2. The maximum atomic E-state index is 12.6. The molecule has 2 fully saturated rings. The number of carbonyl (C=O) groups excluding carboxylic acids is 2. The number of pyridine rings is 1. The minimum atomic E-state index is -0.241. The van der Waals surface area contributed by atoms with Crippen molar-refractivity contribution in [1.82, 2.24) is 10.3 Å². The molecule has 2 saturated carbocycles. The molecule has 2 aliphatic rings. The van der Waals surface area contributed by atoms with E-state index in [1.54, 1.807) is 6.20 Å². The van der Waals surface area contributed by atoms with Crippen molar-refractivity contribution in [1.29, 1.82) is 0 Å². The van der Waals surface area contributed by atoms with Gasteiger partial charge in [-0.2, -0.15) is 0 Å². The molecule has 0 saturated heterocycles. The summed E-state index contributed by atoms with van der Waals surface area (Å²) in [5, 5.41) is 6.63. The van der Waals surface area contributed by atoms with E-state index < -0.39 is 0 Å². The summed E-state index contributed by atoms with van der Waals surface area (Å²) in [6.07, 6.45) is 6.85. The molecule has 4 N–H and O–H groups in total. The zero-order chi connectivity index (χ0) is 18.8. The highest BCUT2D eigenvalue weighted by molar-refractivity contribution is 6.01. The maximum absolute atomic E-state index is 12.6. The fraction of sp³-hybridized carbons (Fsp3) is 0.476. The van der Waals surface area contributed by atoms with E-state index in [0.717, 1.165) is 36.6 Å². The van der Waals surface area contributed by atoms with Crippen molar-refractivity contribution >= 4 is 28.4 Å². The average molecular weight is 366 g/mol. The fourth-order valence-corrected chi connectivity index (χ4v) is 4.71. The highest BCUT2D eigenvalue weighted by Crippen LogP contribution is 2.41. The Balaban J connectivity index is 1.33. The molecule has 6 nitrogen and oxygen atoms in total. The second-order valence-corrected chi connectivity index (χ2v) is 7.84. The van der Waals surface area contributed by atoms with Gasteiger partial charge in [0.25, 0.3) is 0 Å². The molecule has 142 valence electrons. The second-order valence-electron chi connectivity index (χ2n) is 7.84. The van der Waals surface area contributed by atoms with Gasteiger partial charge in [0.1, 0.15) is 0 Å². The zero-order valence-electron chi connectivity index (χ0n) is 15.4. The Hall–Kier alpha value is -2.47. The standard InChI is InChI=1S/C21H26N4O2/c22-19-14-5-1-6-15(19)11-16(10-14)21(27)24-12-18(26)25-17-8-2-4-13-7-3-9-23-20(13)17/h2-4,7-9,14-16,19H,1,5-6,10-12,22H2,(H,24,27)(H,25,26). The molecule has 1 aromatic carbocycles. The summed E-state index contributed by atoms with van der Waals surface area (Å²) >= 11 is 0. The van der Waals surface area contributed by atoms with Gasteiger partial charge in [-0.1, -0.05) is 24.6 Å². The number of nitrogens with one attached hydrogen (secondary N) is 2. The number of hydrogen-bond donors (Lipinski definition) is 3. The first-order valence-electron chi connectivity index (χ1n) is 9.78. The molecule has 1 aromatic heterocycles. The molecule has 2 amide bonds. The molecule has 2 bridgehead atoms. The molecule has 0 aliphatic heterocycles. The monoisotopic (exact) mass is 366 g/mol. The van der Waals surface area contributed by atoms with E-state index in [0.29, 0.717) is 17.5 Å². The summed E-state index contributed by atoms with van der Waals surface area (Å²) in [6.45, 7) is -0.0278. The Bertz CT molecular complexity index is 834. The van der Waals surface area contributed by atoms with E-state index in [9.17, 15) is 9.59 Å². The van der Waals surface area contributed by atoms with Gasteiger partial charge in [0.05, 0.1) is 17.7 Å². The summed E-state index contributed by atoms with van der Waals surface area (Å²) in [7, 11) is 0. The molecule has 2 aromatic rings. The minimum absolute atomic E-state index is 0.0212. The number of carbonyl (C=O) groups is 2. The van der Waals surface area contributed by atoms with Crippen LogP contribution in [0.3, 0.4) is 0 Å². The third kappa shape index (κ3) is 3.81. The maximum Gasteiger partial charge on any atom is 0.243 e. The topological polar surface area (TPSA) is 97.1 Å². The van der Waals surface area contributed by atoms with E-state index in [1.807, 2.05) is 30.3 Å². The molecular weight excluding hydrogens is 340 g/mol. The number of benzene rings is 1. The van der Waals surface area contributed by atoms with Gasteiger partial charge in [-0.25, -0.2) is 0 Å². The van der Waals surface area contributed by atoms with Crippen LogP contribution < -0.4 is 16.4 Å². The Morgan fingerprint density at radius 1 is 1.11 bits per heavy atom. The number of nitrogens with two attached hydrogens (primary N) is 1. The van der Waals surface area contributed by atoms with Crippen LogP contribution in [-0.4, -0.2) is 29.4 Å². The van der Waals surface area contributed by atoms with Crippen molar-refractivity contribution in [3.05, 3.63) is 36.5 Å². The first kappa shape index (κ1) is 17.9. The number of amides is 2. The largest absolute Gasteiger partial charge is 0.347 e. The number of aromatic nitrogens is 1. The SMILES string of the molecule is NC1C2CCCC1CC(C(=O)NCC(=O)Nc1cccc3cccnc13)C2. The molecule has 4 rings (SSSR count). The van der Waals surface area contributed by atoms with Crippen LogP contribution in [0.5, 0.6) is 0 Å². The van der Waals surface area contributed by atoms with Crippen LogP contribution >= 0.6 is 0 Å². The van der Waals surface area contributed by atoms with E-state index >= 15 is 0 Å². The second kappa shape index (κ2) is 7.64. The molecule has 2 aliphatic carbocycles. The molecule has 6 heteroatoms. The number of para-hydroxylation sites is 1. The fourth-order valence-electron chi connectivity index (χ4n) is 4.71. The lowest BCUT2D eigenvalue weighted by molar-refractivity contribution is -0.129. The van der Waals surface area contributed by atoms with Crippen molar-refractivity contribution < 1.29 is 9.59 Å². The Labute approximate surface area is 158 Å². The van der Waals surface area contributed by atoms with Crippen LogP contribution in [0, 0.1) is 17.8 Å². The summed E-state index contributed by atoms with van der Waals surface area (Å²) in [5.74, 6) is 0.610. The van der Waals surface area contributed by atoms with Gasteiger partial charge in [0, 0.05) is 23.5 Å². The van der Waals surface area contributed by atoms with Gasteiger partial charge in [-0.05, 0) is 49.7 Å². The van der Waals surface area contributed by atoms with Crippen LogP contribution in [0.2, 0.25) is 0 Å². The van der Waals surface area contributed by atoms with Crippen LogP contribution in [0.25, 0.3) is 10.9 Å². The van der Waals surface area contributed by atoms with Gasteiger partial charge < -0.3 is 16.4 Å². The summed E-state index contributed by atoms with van der Waals surface area (Å²) in [4.78, 5) is 29.2. The number of anilines is 1. The van der Waals surface area contributed by atoms with Gasteiger partial charge in [-0.15, -0.1) is 0 Å². The van der Waals surface area contributed by atoms with Crippen molar-refractivity contribution in [2.45, 2.75) is 38.1 Å². The first-order chi connectivity index (χ1) is 13.1. The lowest BCUT2D eigenvalue weighted by Gasteiger charge is -2.43. The zero-order valence-corrected chi connectivity index (χ0v) is 15.4. The first-order valence-corrected chi connectivity index (χ1v) is 9.78. The molecule has 0 radical (unpaired) electrons. The lowest BCUT2D eigenvalue weighted by atomic mass is 9.65. The Morgan fingerprint density at radius 2 is 1.85 bits per heavy atom. The Kier molecular flexibility index (Phi) is 5.07. The molecule has 1 heterocycles. The third-order valence-electron chi connectivity index (χ3n) is 6.11. The normalized spacial score (nSPS) is 27.1. The van der Waals surface area contributed by atoms with E-state index in [4.69, 9.17) is 5.73 Å². The molecule has 2 atom stereocenters. The molecular formula is C21H26N4O2. The average Bonchev–Trinajstić information content (AvgIpc) is 2.66. The number of hydrogen-bond acceptors (Lipinski definition) is 4. The highest BCUT2D eigenvalue weighted by Gasteiger charge is 2.40. The molecule has 27 heavy (non-hydrogen) atoms. The van der Waals surface area contributed by atoms with Gasteiger partial charge in [0.2, 0.25) is 11.8 Å². The van der Waals surface area contributed by atoms with Gasteiger partial charge in [-0.3, -0.25) is 14.6 Å². The molecule has 0 spiro atoms. The summed E-state index contributed by atoms with van der Waals surface area (Å²) in [5.41, 5.74) is 7.70. The predicted octanol–water partition coefficient (Wildman–Crippen LogP) is 2.44. The van der Waals surface area contributed by atoms with Crippen LogP contribution in [-0.2, 0) is 9.59 Å². The number of nitrogens with zero attached hydrogens (tertiary/aromatic N) is 1. The predicted molar refractivity (Wildman–Crippen MR) is 105 cm³/mol. The van der Waals surface area contributed by atoms with E-state index in [-0.39, 0.29) is 30.3 Å². The van der Waals surface area contributed by atoms with Gasteiger partial charge >= 0.3 is 0 Å².